The van der Waals surface area contributed by atoms with E-state index in [2.05, 4.69) is 0 Å². The van der Waals surface area contributed by atoms with Crippen molar-refractivity contribution in [2.75, 3.05) is 6.61 Å². The van der Waals surface area contributed by atoms with Crippen LogP contribution in [0, 0.1) is 5.92 Å². The van der Waals surface area contributed by atoms with Gasteiger partial charge in [0.05, 0.1) is 5.22 Å². The molecule has 0 radical (unpaired) electrons. The van der Waals surface area contributed by atoms with E-state index in [4.69, 9.17) is 4.74 Å². The minimum absolute atomic E-state index is 0. The smallest absolute Gasteiger partial charge is 0.379 e. The van der Waals surface area contributed by atoms with Gasteiger partial charge in [-0.15, -0.1) is 0 Å². The molecule has 2 aliphatic rings. The normalized spacial score (nSPS) is 37.8. The summed E-state index contributed by atoms with van der Waals surface area (Å²) in [5.41, 5.74) is 0. The Morgan fingerprint density at radius 1 is 1.08 bits per heavy atom. The molecule has 1 aliphatic heterocycles. The largest absolute Gasteiger partial charge is 1.00 e. The first-order chi connectivity index (χ1) is 6.31. The van der Waals surface area contributed by atoms with Crippen molar-refractivity contribution in [2.24, 2.45) is 5.92 Å². The van der Waals surface area contributed by atoms with Crippen LogP contribution < -0.4 is 0 Å². The van der Waals surface area contributed by atoms with Gasteiger partial charge in [0, 0.05) is 16.8 Å². The molecule has 0 aromatic heterocycles. The maximum atomic E-state index is 6.07. The van der Waals surface area contributed by atoms with Gasteiger partial charge in [-0.05, 0) is 38.0 Å². The quantitative estimate of drug-likeness (QED) is 0.587. The van der Waals surface area contributed by atoms with Gasteiger partial charge in [-0.25, -0.2) is 0 Å². The highest BCUT2D eigenvalue weighted by molar-refractivity contribution is 6.14. The van der Waals surface area contributed by atoms with E-state index in [9.17, 15) is 0 Å². The molecule has 2 fully saturated rings. The molecule has 76 valence electrons. The Labute approximate surface area is 86.1 Å². The van der Waals surface area contributed by atoms with Crippen molar-refractivity contribution >= 4 is 10.2 Å². The highest BCUT2D eigenvalue weighted by Gasteiger charge is 2.36. The second-order valence-corrected chi connectivity index (χ2v) is 6.65. The molecule has 0 bridgehead atoms. The van der Waals surface area contributed by atoms with Crippen LogP contribution in [0.3, 0.4) is 0 Å². The minimum atomic E-state index is 0. The molecule has 0 amide bonds. The molecule has 0 spiro atoms. The Morgan fingerprint density at radius 2 is 1.85 bits per heavy atom. The molecule has 0 aromatic rings. The van der Waals surface area contributed by atoms with Crippen LogP contribution in [0.5, 0.6) is 0 Å². The Morgan fingerprint density at radius 3 is 2.46 bits per heavy atom. The molecule has 0 aromatic carbocycles. The zero-order chi connectivity index (χ0) is 9.15. The number of rotatable bonds is 1. The fourth-order valence-electron chi connectivity index (χ4n) is 2.99. The molecule has 1 heterocycles. The van der Waals surface area contributed by atoms with Crippen LogP contribution in [0.2, 0.25) is 0 Å². The monoisotopic (exact) mass is 199 g/mol. The predicted molar refractivity (Wildman–Crippen MR) is 60.2 cm³/mol. The minimum Gasteiger partial charge on any atom is -0.379 e. The van der Waals surface area contributed by atoms with E-state index in [-0.39, 0.29) is 1.43 Å². The Bertz CT molecular complexity index is 163. The number of hydrogen-bond donors (Lipinski definition) is 0. The summed E-state index contributed by atoms with van der Waals surface area (Å²) in [6.07, 6.45) is 11.4. The highest BCUT2D eigenvalue weighted by Crippen LogP contribution is 2.38. The summed E-state index contributed by atoms with van der Waals surface area (Å²) in [6, 6.07) is 0. The first-order valence-electron chi connectivity index (χ1n) is 5.95. The fraction of sp³-hybridized carbons (Fsp3) is 1.00. The molecular formula is C11H23OSi+. The average Bonchev–Trinajstić information content (AvgIpc) is 2.20. The number of hydrogen-bond acceptors (Lipinski definition) is 1. The van der Waals surface area contributed by atoms with Gasteiger partial charge in [-0.2, -0.15) is 0 Å². The molecule has 2 rings (SSSR count). The summed E-state index contributed by atoms with van der Waals surface area (Å²) in [5.74, 6) is 0.924. The summed E-state index contributed by atoms with van der Waals surface area (Å²) >= 11 is 0. The summed E-state index contributed by atoms with van der Waals surface area (Å²) in [5, 5.41) is 0.388. The molecule has 1 nitrogen and oxygen atoms in total. The molecule has 1 unspecified atom stereocenters. The Kier molecular flexibility index (Phi) is 3.09. The van der Waals surface area contributed by atoms with E-state index in [1.807, 2.05) is 0 Å². The topological polar surface area (TPSA) is 9.23 Å². The third kappa shape index (κ3) is 2.16. The van der Waals surface area contributed by atoms with Crippen LogP contribution in [0.25, 0.3) is 0 Å². The molecule has 1 atom stereocenters. The second kappa shape index (κ2) is 4.14. The second-order valence-electron chi connectivity index (χ2n) is 4.95. The van der Waals surface area contributed by atoms with Gasteiger partial charge in [0.25, 0.3) is 0 Å². The Balaban J connectivity index is 0.000000980. The van der Waals surface area contributed by atoms with Crippen molar-refractivity contribution in [3.05, 3.63) is 0 Å². The summed E-state index contributed by atoms with van der Waals surface area (Å²) in [7, 11) is 1.25. The van der Waals surface area contributed by atoms with Crippen LogP contribution in [0.15, 0.2) is 0 Å². The first kappa shape index (κ1) is 9.72. The van der Waals surface area contributed by atoms with Crippen LogP contribution >= 0.6 is 0 Å². The third-order valence-electron chi connectivity index (χ3n) is 3.97. The lowest BCUT2D eigenvalue weighted by molar-refractivity contribution is -0.0644. The lowest BCUT2D eigenvalue weighted by Gasteiger charge is -2.42. The lowest BCUT2D eigenvalue weighted by Crippen LogP contribution is -2.44. The van der Waals surface area contributed by atoms with E-state index >= 15 is 0 Å². The van der Waals surface area contributed by atoms with Crippen molar-refractivity contribution < 1.29 is 6.16 Å². The van der Waals surface area contributed by atoms with E-state index in [0.29, 0.717) is 5.22 Å². The van der Waals surface area contributed by atoms with Crippen molar-refractivity contribution in [1.29, 1.82) is 0 Å². The third-order valence-corrected chi connectivity index (χ3v) is 5.57. The van der Waals surface area contributed by atoms with Gasteiger partial charge in [0.15, 0.2) is 0 Å². The lowest BCUT2D eigenvalue weighted by atomic mass is 9.82. The van der Waals surface area contributed by atoms with Crippen molar-refractivity contribution in [3.63, 3.8) is 0 Å². The zero-order valence-corrected chi connectivity index (χ0v) is 10.8. The van der Waals surface area contributed by atoms with Gasteiger partial charge < -0.3 is 4.74 Å². The van der Waals surface area contributed by atoms with E-state index in [0.717, 1.165) is 12.5 Å². The average molecular weight is 199 g/mol. The fourth-order valence-corrected chi connectivity index (χ4v) is 4.13. The summed E-state index contributed by atoms with van der Waals surface area (Å²) < 4.78 is 6.07. The zero-order valence-electron chi connectivity index (χ0n) is 9.85. The maximum absolute atomic E-state index is 6.07. The highest BCUT2D eigenvalue weighted by atomic mass is 28.1. The molecule has 13 heavy (non-hydrogen) atoms. The van der Waals surface area contributed by atoms with Crippen molar-refractivity contribution in [2.45, 2.75) is 56.6 Å². The maximum Gasteiger partial charge on any atom is 1.00 e. The molecule has 1 saturated carbocycles. The van der Waals surface area contributed by atoms with E-state index < -0.39 is 0 Å². The van der Waals surface area contributed by atoms with E-state index in [1.165, 1.54) is 61.6 Å². The van der Waals surface area contributed by atoms with Gasteiger partial charge in [0.1, 0.15) is 0 Å². The van der Waals surface area contributed by atoms with E-state index in [1.54, 1.807) is 0 Å². The first-order valence-corrected chi connectivity index (χ1v) is 6.95. The van der Waals surface area contributed by atoms with Crippen LogP contribution in [0.4, 0.5) is 0 Å². The standard InChI is InChI=1S/C11H22OSi/c13-11(8-4-5-9-12-11)10-6-2-1-3-7-10/h10H,1-9H2,13H3/p+1. The predicted octanol–water partition coefficient (Wildman–Crippen LogP) is 1.94. The van der Waals surface area contributed by atoms with Gasteiger partial charge >= 0.3 is 1.43 Å². The summed E-state index contributed by atoms with van der Waals surface area (Å²) in [6.45, 7) is 1.04. The van der Waals surface area contributed by atoms with Crippen LogP contribution in [-0.4, -0.2) is 22.1 Å². The van der Waals surface area contributed by atoms with Crippen molar-refractivity contribution in [3.8, 4) is 0 Å². The Hall–Kier alpha value is 0.177. The van der Waals surface area contributed by atoms with Gasteiger partial charge in [-0.3, -0.25) is 0 Å². The molecule has 1 saturated heterocycles. The SMILES string of the molecule is [H+].[SiH3]C1(C2CCCCC2)CCCCO1. The van der Waals surface area contributed by atoms with Gasteiger partial charge in [-0.1, -0.05) is 19.3 Å². The molecule has 2 heteroatoms. The van der Waals surface area contributed by atoms with Crippen molar-refractivity contribution in [1.82, 2.24) is 0 Å². The summed E-state index contributed by atoms with van der Waals surface area (Å²) in [4.78, 5) is 0. The van der Waals surface area contributed by atoms with Crippen LogP contribution in [0.1, 0.15) is 52.8 Å². The molecule has 1 aliphatic carbocycles. The molecular weight excluding hydrogens is 176 g/mol. The number of ether oxygens (including phenoxy) is 1. The molecule has 0 N–H and O–H groups in total. The van der Waals surface area contributed by atoms with Gasteiger partial charge in [0.2, 0.25) is 0 Å². The van der Waals surface area contributed by atoms with Crippen LogP contribution in [-0.2, 0) is 4.74 Å².